The zero-order chi connectivity index (χ0) is 9.84. The largest absolute Gasteiger partial charge is 0.370 e. The van der Waals surface area contributed by atoms with Gasteiger partial charge in [-0.2, -0.15) is 0 Å². The smallest absolute Gasteiger partial charge is 0.218 e. The van der Waals surface area contributed by atoms with Crippen LogP contribution in [-0.4, -0.2) is 5.91 Å². The van der Waals surface area contributed by atoms with E-state index in [2.05, 4.69) is 19.9 Å². The van der Waals surface area contributed by atoms with Crippen LogP contribution >= 0.6 is 11.3 Å². The third kappa shape index (κ3) is 2.84. The minimum atomic E-state index is -0.216. The number of rotatable bonds is 4. The molecule has 2 N–H and O–H groups in total. The fourth-order valence-corrected chi connectivity index (χ4v) is 2.39. The van der Waals surface area contributed by atoms with Gasteiger partial charge >= 0.3 is 0 Å². The van der Waals surface area contributed by atoms with Crippen molar-refractivity contribution in [3.8, 4) is 0 Å². The summed E-state index contributed by atoms with van der Waals surface area (Å²) in [6.07, 6.45) is 0.457. The molecular weight excluding hydrogens is 182 g/mol. The molecule has 0 bridgehead atoms. The Labute approximate surface area is 82.8 Å². The van der Waals surface area contributed by atoms with Gasteiger partial charge in [0.1, 0.15) is 0 Å². The molecule has 0 saturated carbocycles. The standard InChI is InChI=1S/C10H15NOS/c1-7(2)8(6-10(11)12)9-4-3-5-13-9/h3-5,7-8H,6H2,1-2H3,(H2,11,12). The van der Waals surface area contributed by atoms with Crippen molar-refractivity contribution in [2.75, 3.05) is 0 Å². The van der Waals surface area contributed by atoms with Crippen molar-refractivity contribution < 1.29 is 4.79 Å². The molecule has 72 valence electrons. The van der Waals surface area contributed by atoms with Crippen molar-refractivity contribution in [2.24, 2.45) is 11.7 Å². The molecule has 0 saturated heterocycles. The van der Waals surface area contributed by atoms with Crippen LogP contribution in [0.15, 0.2) is 17.5 Å². The van der Waals surface area contributed by atoms with Gasteiger partial charge in [0.15, 0.2) is 0 Å². The van der Waals surface area contributed by atoms with Gasteiger partial charge in [0.25, 0.3) is 0 Å². The molecule has 1 heterocycles. The van der Waals surface area contributed by atoms with E-state index in [0.29, 0.717) is 12.3 Å². The van der Waals surface area contributed by atoms with Crippen molar-refractivity contribution in [1.82, 2.24) is 0 Å². The normalized spacial score (nSPS) is 13.2. The summed E-state index contributed by atoms with van der Waals surface area (Å²) in [5.74, 6) is 0.538. The summed E-state index contributed by atoms with van der Waals surface area (Å²) in [4.78, 5) is 12.1. The number of hydrogen-bond donors (Lipinski definition) is 1. The van der Waals surface area contributed by atoms with Crippen molar-refractivity contribution in [3.63, 3.8) is 0 Å². The second-order valence-corrected chi connectivity index (χ2v) is 4.52. The van der Waals surface area contributed by atoms with E-state index in [1.807, 2.05) is 11.4 Å². The third-order valence-electron chi connectivity index (χ3n) is 2.13. The van der Waals surface area contributed by atoms with Crippen LogP contribution in [0.1, 0.15) is 31.1 Å². The van der Waals surface area contributed by atoms with Crippen molar-refractivity contribution in [2.45, 2.75) is 26.2 Å². The van der Waals surface area contributed by atoms with E-state index in [9.17, 15) is 4.79 Å². The number of nitrogens with two attached hydrogens (primary N) is 1. The molecule has 1 aromatic rings. The van der Waals surface area contributed by atoms with Gasteiger partial charge in [0.2, 0.25) is 5.91 Å². The summed E-state index contributed by atoms with van der Waals surface area (Å²) in [5, 5.41) is 2.03. The molecule has 0 aliphatic carbocycles. The molecule has 0 radical (unpaired) electrons. The Morgan fingerprint density at radius 1 is 1.62 bits per heavy atom. The van der Waals surface area contributed by atoms with Gasteiger partial charge in [-0.25, -0.2) is 0 Å². The molecule has 0 aromatic carbocycles. The van der Waals surface area contributed by atoms with E-state index in [1.54, 1.807) is 11.3 Å². The Hall–Kier alpha value is -0.830. The average molecular weight is 197 g/mol. The van der Waals surface area contributed by atoms with Crippen LogP contribution in [0.2, 0.25) is 0 Å². The molecule has 0 aliphatic heterocycles. The lowest BCUT2D eigenvalue weighted by atomic mass is 9.91. The number of thiophene rings is 1. The first-order valence-corrected chi connectivity index (χ1v) is 5.31. The van der Waals surface area contributed by atoms with Gasteiger partial charge in [-0.3, -0.25) is 4.79 Å². The average Bonchev–Trinajstić information content (AvgIpc) is 2.50. The molecule has 1 aromatic heterocycles. The summed E-state index contributed by atoms with van der Waals surface area (Å²) in [5.41, 5.74) is 5.20. The molecule has 0 spiro atoms. The number of carbonyl (C=O) groups is 1. The van der Waals surface area contributed by atoms with E-state index < -0.39 is 0 Å². The lowest BCUT2D eigenvalue weighted by Crippen LogP contribution is -2.17. The first-order chi connectivity index (χ1) is 6.11. The minimum Gasteiger partial charge on any atom is -0.370 e. The van der Waals surface area contributed by atoms with Crippen LogP contribution < -0.4 is 5.73 Å². The zero-order valence-electron chi connectivity index (χ0n) is 7.99. The van der Waals surface area contributed by atoms with Gasteiger partial charge in [0, 0.05) is 17.2 Å². The Balaban J connectivity index is 2.74. The highest BCUT2D eigenvalue weighted by atomic mass is 32.1. The van der Waals surface area contributed by atoms with E-state index in [-0.39, 0.29) is 11.8 Å². The summed E-state index contributed by atoms with van der Waals surface area (Å²) in [7, 11) is 0. The highest BCUT2D eigenvalue weighted by Crippen LogP contribution is 2.30. The van der Waals surface area contributed by atoms with Gasteiger partial charge in [-0.1, -0.05) is 19.9 Å². The lowest BCUT2D eigenvalue weighted by Gasteiger charge is -2.17. The molecule has 1 rings (SSSR count). The molecular formula is C10H15NOS. The third-order valence-corrected chi connectivity index (χ3v) is 3.14. The van der Waals surface area contributed by atoms with E-state index >= 15 is 0 Å². The maximum atomic E-state index is 10.8. The lowest BCUT2D eigenvalue weighted by molar-refractivity contribution is -0.118. The maximum absolute atomic E-state index is 10.8. The topological polar surface area (TPSA) is 43.1 Å². The molecule has 0 fully saturated rings. The predicted molar refractivity (Wildman–Crippen MR) is 55.7 cm³/mol. The minimum absolute atomic E-state index is 0.216. The molecule has 13 heavy (non-hydrogen) atoms. The Morgan fingerprint density at radius 2 is 2.31 bits per heavy atom. The molecule has 1 unspecified atom stereocenters. The first kappa shape index (κ1) is 10.3. The van der Waals surface area contributed by atoms with Crippen LogP contribution in [-0.2, 0) is 4.79 Å². The molecule has 2 nitrogen and oxygen atoms in total. The van der Waals surface area contributed by atoms with E-state index in [0.717, 1.165) is 0 Å². The number of carbonyl (C=O) groups excluding carboxylic acids is 1. The summed E-state index contributed by atoms with van der Waals surface area (Å²) < 4.78 is 0. The monoisotopic (exact) mass is 197 g/mol. The van der Waals surface area contributed by atoms with Gasteiger partial charge < -0.3 is 5.73 Å². The summed E-state index contributed by atoms with van der Waals surface area (Å²) in [6, 6.07) is 4.08. The Morgan fingerprint density at radius 3 is 2.69 bits per heavy atom. The fraction of sp³-hybridized carbons (Fsp3) is 0.500. The molecule has 1 atom stereocenters. The zero-order valence-corrected chi connectivity index (χ0v) is 8.80. The van der Waals surface area contributed by atoms with E-state index in [4.69, 9.17) is 5.73 Å². The van der Waals surface area contributed by atoms with Crippen LogP contribution in [0.3, 0.4) is 0 Å². The first-order valence-electron chi connectivity index (χ1n) is 4.43. The Bertz CT molecular complexity index is 266. The SMILES string of the molecule is CC(C)C(CC(N)=O)c1cccs1. The van der Waals surface area contributed by atoms with Gasteiger partial charge in [0.05, 0.1) is 0 Å². The summed E-state index contributed by atoms with van der Waals surface area (Å²) >= 11 is 1.69. The second kappa shape index (κ2) is 4.42. The predicted octanol–water partition coefficient (Wildman–Crippen LogP) is 2.36. The molecule has 1 amide bonds. The van der Waals surface area contributed by atoms with Crippen LogP contribution in [0.25, 0.3) is 0 Å². The second-order valence-electron chi connectivity index (χ2n) is 3.54. The van der Waals surface area contributed by atoms with Gasteiger partial charge in [-0.05, 0) is 17.4 Å². The maximum Gasteiger partial charge on any atom is 0.218 e. The van der Waals surface area contributed by atoms with Crippen molar-refractivity contribution >= 4 is 17.2 Å². The van der Waals surface area contributed by atoms with Crippen LogP contribution in [0.4, 0.5) is 0 Å². The number of primary amides is 1. The number of amides is 1. The van der Waals surface area contributed by atoms with Crippen LogP contribution in [0.5, 0.6) is 0 Å². The van der Waals surface area contributed by atoms with Crippen molar-refractivity contribution in [3.05, 3.63) is 22.4 Å². The Kier molecular flexibility index (Phi) is 3.48. The highest BCUT2D eigenvalue weighted by molar-refractivity contribution is 7.10. The van der Waals surface area contributed by atoms with Crippen LogP contribution in [0, 0.1) is 5.92 Å². The molecule has 3 heteroatoms. The summed E-state index contributed by atoms with van der Waals surface area (Å²) in [6.45, 7) is 4.24. The molecule has 0 aliphatic rings. The van der Waals surface area contributed by atoms with E-state index in [1.165, 1.54) is 4.88 Å². The van der Waals surface area contributed by atoms with Crippen molar-refractivity contribution in [1.29, 1.82) is 0 Å². The highest BCUT2D eigenvalue weighted by Gasteiger charge is 2.18. The number of hydrogen-bond acceptors (Lipinski definition) is 2. The quantitative estimate of drug-likeness (QED) is 0.791. The fourth-order valence-electron chi connectivity index (χ4n) is 1.38. The van der Waals surface area contributed by atoms with Gasteiger partial charge in [-0.15, -0.1) is 11.3 Å².